The van der Waals surface area contributed by atoms with Crippen molar-refractivity contribution in [2.75, 3.05) is 7.11 Å². The smallest absolute Gasteiger partial charge is 0.870 e. The van der Waals surface area contributed by atoms with Crippen molar-refractivity contribution >= 4 is 0 Å². The van der Waals surface area contributed by atoms with Gasteiger partial charge in [0.25, 0.3) is 0 Å². The monoisotopic (exact) mass is 146 g/mol. The third kappa shape index (κ3) is 58.0. The van der Waals surface area contributed by atoms with E-state index in [2.05, 4.69) is 0 Å². The molecule has 0 aromatic carbocycles. The van der Waals surface area contributed by atoms with E-state index in [4.69, 9.17) is 5.11 Å². The van der Waals surface area contributed by atoms with Gasteiger partial charge < -0.3 is 21.5 Å². The molecule has 7 heavy (non-hydrogen) atoms. The van der Waals surface area contributed by atoms with Gasteiger partial charge in [0.05, 0.1) is 0 Å². The van der Waals surface area contributed by atoms with Crippen LogP contribution in [0.3, 0.4) is 0 Å². The van der Waals surface area contributed by atoms with E-state index in [0.29, 0.717) is 0 Å². The predicted octanol–water partition coefficient (Wildman–Crippen LogP) is -7.56. The van der Waals surface area contributed by atoms with Crippen LogP contribution in [0.25, 0.3) is 0 Å². The van der Waals surface area contributed by atoms with Crippen molar-refractivity contribution in [2.45, 2.75) is 0 Å². The molecule has 6 heteroatoms. The summed E-state index contributed by atoms with van der Waals surface area (Å²) in [5.41, 5.74) is 0. The van der Waals surface area contributed by atoms with Gasteiger partial charge in [-0.05, 0) is 0 Å². The van der Waals surface area contributed by atoms with Crippen molar-refractivity contribution in [3.8, 4) is 0 Å². The number of rotatable bonds is 0. The summed E-state index contributed by atoms with van der Waals surface area (Å²) in [6.45, 7) is 0. The van der Waals surface area contributed by atoms with Crippen LogP contribution in [0.1, 0.15) is 0 Å². The van der Waals surface area contributed by atoms with Gasteiger partial charge in [-0.2, -0.15) is 0 Å². The van der Waals surface area contributed by atoms with Gasteiger partial charge in [-0.15, -0.1) is 0 Å². The molecule has 0 aromatic heterocycles. The molecule has 0 rings (SSSR count). The zero-order chi connectivity index (χ0) is 2.00. The van der Waals surface area contributed by atoms with Gasteiger partial charge in [0, 0.05) is 7.11 Å². The predicted molar refractivity (Wildman–Crippen MR) is 15.6 cm³/mol. The Morgan fingerprint density at radius 3 is 1.00 bits per heavy atom. The van der Waals surface area contributed by atoms with Gasteiger partial charge in [0.15, 0.2) is 0 Å². The van der Waals surface area contributed by atoms with E-state index >= 15 is 0 Å². The molecule has 0 saturated carbocycles. The van der Waals surface area contributed by atoms with E-state index in [-0.39, 0.29) is 97.4 Å². The minimum Gasteiger partial charge on any atom is -0.870 e. The first-order valence-electron chi connectivity index (χ1n) is 0.447. The maximum atomic E-state index is 7.00. The number of aliphatic hydroxyl groups is 1. The van der Waals surface area contributed by atoms with Crippen LogP contribution in [0.4, 0.5) is 0 Å². The first-order valence-corrected chi connectivity index (χ1v) is 0.447. The van der Waals surface area contributed by atoms with Gasteiger partial charge in [-0.3, -0.25) is 0 Å². The molecule has 0 unspecified atom stereocenters. The van der Waals surface area contributed by atoms with Crippen LogP contribution in [-0.2, 0) is 0 Å². The van der Waals surface area contributed by atoms with Crippen LogP contribution in [0.2, 0.25) is 0 Å². The van der Waals surface area contributed by atoms with Crippen molar-refractivity contribution < 1.29 is 102 Å². The molecule has 0 aliphatic rings. The molecule has 0 atom stereocenters. The summed E-state index contributed by atoms with van der Waals surface area (Å²) < 4.78 is 0. The van der Waals surface area contributed by atoms with Crippen LogP contribution < -0.4 is 80.9 Å². The molecule has 0 aliphatic carbocycles. The Bertz CT molecular complexity index is 11.7. The Kier molecular flexibility index (Phi) is 622. The van der Waals surface area contributed by atoms with E-state index in [0.717, 1.165) is 7.11 Å². The fourth-order valence-electron chi connectivity index (χ4n) is 0. The van der Waals surface area contributed by atoms with Crippen LogP contribution in [0, 0.1) is 0 Å². The van der Waals surface area contributed by atoms with Gasteiger partial charge in [0.1, 0.15) is 0 Å². The molecule has 4 nitrogen and oxygen atoms in total. The van der Waals surface area contributed by atoms with E-state index in [1.54, 1.807) is 0 Å². The molecule has 0 heterocycles. The third-order valence-corrected chi connectivity index (χ3v) is 0. The maximum absolute atomic E-state index is 7.00. The van der Waals surface area contributed by atoms with Gasteiger partial charge in [0.2, 0.25) is 0 Å². The van der Waals surface area contributed by atoms with Gasteiger partial charge in [-0.1, -0.05) is 0 Å². The summed E-state index contributed by atoms with van der Waals surface area (Å²) in [5.74, 6) is 0. The van der Waals surface area contributed by atoms with Crippen molar-refractivity contribution in [3.05, 3.63) is 0 Å². The molecule has 0 saturated heterocycles. The summed E-state index contributed by atoms with van der Waals surface area (Å²) in [4.78, 5) is 0. The molecule has 0 bridgehead atoms. The molecule has 38 valence electrons. The van der Waals surface area contributed by atoms with Crippen molar-refractivity contribution in [2.24, 2.45) is 0 Å². The second kappa shape index (κ2) is 77.3. The normalized spacial score (nSPS) is 0.857. The quantitative estimate of drug-likeness (QED) is 0.342. The fourth-order valence-corrected chi connectivity index (χ4v) is 0. The first-order chi connectivity index (χ1) is 1.00. The largest absolute Gasteiger partial charge is 1.00 e. The van der Waals surface area contributed by atoms with Crippen molar-refractivity contribution in [3.63, 3.8) is 0 Å². The topological polar surface area (TPSA) is 112 Å². The molecule has 0 spiro atoms. The zero-order valence-electron chi connectivity index (χ0n) is 4.84. The van der Waals surface area contributed by atoms with Gasteiger partial charge in [-0.25, -0.2) is 0 Å². The number of aliphatic hydroxyl groups excluding tert-OH is 1. The second-order valence-electron chi connectivity index (χ2n) is 0. The Hall–Kier alpha value is 2.48. The van der Waals surface area contributed by atoms with Crippen LogP contribution in [0.5, 0.6) is 0 Å². The van der Waals surface area contributed by atoms with E-state index < -0.39 is 0 Å². The molecule has 0 fully saturated rings. The van der Waals surface area contributed by atoms with Crippen molar-refractivity contribution in [1.82, 2.24) is 0 Å². The second-order valence-corrected chi connectivity index (χ2v) is 0. The standard InChI is InChI=1S/CH4O.K.Na.3H2O/c1-2;;;;;/h2H,1H3;;;3*1H2/q;2*+1;;;/p-2. The zero-order valence-corrected chi connectivity index (χ0v) is 9.96. The SMILES string of the molecule is CO.O.[K+].[Na+].[OH-].[OH-]. The number of hydrogen-bond acceptors (Lipinski definition) is 3. The molecule has 0 radical (unpaired) electrons. The summed E-state index contributed by atoms with van der Waals surface area (Å²) >= 11 is 0. The van der Waals surface area contributed by atoms with Crippen LogP contribution in [-0.4, -0.2) is 28.6 Å². The molecule has 0 aliphatic heterocycles. The Morgan fingerprint density at radius 1 is 1.00 bits per heavy atom. The average Bonchev–Trinajstić information content (AvgIpc) is 1.00. The summed E-state index contributed by atoms with van der Waals surface area (Å²) in [7, 11) is 1.00. The number of hydrogen-bond donors (Lipinski definition) is 1. The maximum Gasteiger partial charge on any atom is 1.00 e. The average molecular weight is 146 g/mol. The first kappa shape index (κ1) is 56.3. The third-order valence-electron chi connectivity index (χ3n) is 0. The summed E-state index contributed by atoms with van der Waals surface area (Å²) in [5, 5.41) is 7.00. The van der Waals surface area contributed by atoms with Crippen LogP contribution in [0.15, 0.2) is 0 Å². The van der Waals surface area contributed by atoms with Gasteiger partial charge >= 0.3 is 80.9 Å². The minimum absolute atomic E-state index is 0. The molecular formula is CH8KNaO4. The molecule has 0 aromatic rings. The summed E-state index contributed by atoms with van der Waals surface area (Å²) in [6, 6.07) is 0. The van der Waals surface area contributed by atoms with E-state index in [9.17, 15) is 0 Å². The van der Waals surface area contributed by atoms with E-state index in [1.165, 1.54) is 0 Å². The Labute approximate surface area is 107 Å². The van der Waals surface area contributed by atoms with E-state index in [1.807, 2.05) is 0 Å². The van der Waals surface area contributed by atoms with Crippen molar-refractivity contribution in [1.29, 1.82) is 0 Å². The Balaban J connectivity index is -0.000000000500. The fraction of sp³-hybridized carbons (Fsp3) is 1.00. The molecule has 0 amide bonds. The molecular weight excluding hydrogens is 138 g/mol. The minimum atomic E-state index is 0. The van der Waals surface area contributed by atoms with Crippen LogP contribution >= 0.6 is 0 Å². The summed E-state index contributed by atoms with van der Waals surface area (Å²) in [6.07, 6.45) is 0. The Morgan fingerprint density at radius 2 is 1.00 bits per heavy atom. The molecule has 5 N–H and O–H groups in total.